The van der Waals surface area contributed by atoms with E-state index in [4.69, 9.17) is 0 Å². The van der Waals surface area contributed by atoms with E-state index in [1.165, 1.54) is 11.0 Å². The molecule has 0 radical (unpaired) electrons. The number of rotatable bonds is 2. The van der Waals surface area contributed by atoms with Gasteiger partial charge in [0.25, 0.3) is 11.7 Å². The average Bonchev–Trinajstić information content (AvgIpc) is 2.69. The first-order chi connectivity index (χ1) is 9.99. The van der Waals surface area contributed by atoms with E-state index in [1.807, 2.05) is 0 Å². The summed E-state index contributed by atoms with van der Waals surface area (Å²) in [7, 11) is 0. The largest absolute Gasteiger partial charge is 0.299 e. The Bertz CT molecular complexity index is 776. The number of carbonyl (C=O) groups excluding carboxylic acids is 2. The smallest absolute Gasteiger partial charge is 0.299 e. The van der Waals surface area contributed by atoms with Gasteiger partial charge < -0.3 is 0 Å². The number of benzene rings is 2. The molecular formula is C15H8Br2FNO2. The normalized spacial score (nSPS) is 13.8. The number of amides is 1. The maximum Gasteiger partial charge on any atom is 0.299 e. The van der Waals surface area contributed by atoms with E-state index in [-0.39, 0.29) is 12.4 Å². The molecule has 1 heterocycles. The minimum absolute atomic E-state index is 0.207. The Labute approximate surface area is 137 Å². The zero-order chi connectivity index (χ0) is 15.1. The first kappa shape index (κ1) is 14.4. The van der Waals surface area contributed by atoms with Crippen LogP contribution >= 0.6 is 31.9 Å². The molecule has 0 unspecified atom stereocenters. The molecule has 1 aliphatic heterocycles. The Hall–Kier alpha value is -1.53. The lowest BCUT2D eigenvalue weighted by atomic mass is 10.1. The van der Waals surface area contributed by atoms with E-state index in [0.717, 1.165) is 5.56 Å². The Balaban J connectivity index is 2.02. The van der Waals surface area contributed by atoms with Crippen molar-refractivity contribution >= 4 is 49.2 Å². The SMILES string of the molecule is O=C1C(=O)N(Cc2ccc(F)c(Br)c2)c2c(Br)cccc21. The number of anilines is 1. The summed E-state index contributed by atoms with van der Waals surface area (Å²) in [5.41, 5.74) is 1.68. The monoisotopic (exact) mass is 411 g/mol. The number of hydrogen-bond acceptors (Lipinski definition) is 2. The van der Waals surface area contributed by atoms with Crippen LogP contribution in [0.1, 0.15) is 15.9 Å². The van der Waals surface area contributed by atoms with Gasteiger partial charge in [-0.2, -0.15) is 0 Å². The third-order valence-corrected chi connectivity index (χ3v) is 4.51. The van der Waals surface area contributed by atoms with Crippen LogP contribution in [0.2, 0.25) is 0 Å². The summed E-state index contributed by atoms with van der Waals surface area (Å²) in [4.78, 5) is 25.5. The highest BCUT2D eigenvalue weighted by molar-refractivity contribution is 9.10. The van der Waals surface area contributed by atoms with Gasteiger partial charge in [0.15, 0.2) is 0 Å². The molecule has 0 bridgehead atoms. The van der Waals surface area contributed by atoms with Crippen molar-refractivity contribution in [3.63, 3.8) is 0 Å². The molecule has 0 N–H and O–H groups in total. The Kier molecular flexibility index (Phi) is 3.67. The number of Topliss-reactive ketones (excluding diaryl/α,β-unsaturated/α-hetero) is 1. The van der Waals surface area contributed by atoms with Crippen molar-refractivity contribution in [3.8, 4) is 0 Å². The lowest BCUT2D eigenvalue weighted by molar-refractivity contribution is -0.114. The van der Waals surface area contributed by atoms with Crippen LogP contribution in [-0.2, 0) is 11.3 Å². The molecule has 0 aromatic heterocycles. The quantitative estimate of drug-likeness (QED) is 0.697. The minimum Gasteiger partial charge on any atom is -0.299 e. The molecule has 0 aliphatic carbocycles. The number of nitrogens with zero attached hydrogens (tertiary/aromatic N) is 1. The first-order valence-electron chi connectivity index (χ1n) is 6.07. The van der Waals surface area contributed by atoms with Crippen molar-refractivity contribution in [2.45, 2.75) is 6.54 Å². The van der Waals surface area contributed by atoms with Crippen molar-refractivity contribution in [1.29, 1.82) is 0 Å². The second-order valence-corrected chi connectivity index (χ2v) is 6.31. The fraction of sp³-hybridized carbons (Fsp3) is 0.0667. The van der Waals surface area contributed by atoms with Crippen LogP contribution in [0.4, 0.5) is 10.1 Å². The molecule has 0 atom stereocenters. The van der Waals surface area contributed by atoms with Crippen LogP contribution < -0.4 is 4.90 Å². The van der Waals surface area contributed by atoms with Gasteiger partial charge in [-0.15, -0.1) is 0 Å². The summed E-state index contributed by atoms with van der Waals surface area (Å²) in [6.07, 6.45) is 0. The molecule has 0 saturated heterocycles. The maximum atomic E-state index is 13.3. The van der Waals surface area contributed by atoms with Crippen LogP contribution in [-0.4, -0.2) is 11.7 Å². The second kappa shape index (κ2) is 5.35. The lowest BCUT2D eigenvalue weighted by Gasteiger charge is -2.18. The van der Waals surface area contributed by atoms with Crippen molar-refractivity contribution in [1.82, 2.24) is 0 Å². The number of halogens is 3. The van der Waals surface area contributed by atoms with Crippen molar-refractivity contribution in [3.05, 3.63) is 62.3 Å². The van der Waals surface area contributed by atoms with Gasteiger partial charge in [0.2, 0.25) is 0 Å². The van der Waals surface area contributed by atoms with Gasteiger partial charge in [-0.25, -0.2) is 4.39 Å². The zero-order valence-electron chi connectivity index (χ0n) is 10.6. The lowest BCUT2D eigenvalue weighted by Crippen LogP contribution is -2.29. The minimum atomic E-state index is -0.572. The fourth-order valence-electron chi connectivity index (χ4n) is 2.28. The van der Waals surface area contributed by atoms with E-state index in [1.54, 1.807) is 30.3 Å². The van der Waals surface area contributed by atoms with Gasteiger partial charge in [-0.05, 0) is 61.7 Å². The summed E-state index contributed by atoms with van der Waals surface area (Å²) >= 11 is 6.48. The van der Waals surface area contributed by atoms with Gasteiger partial charge in [-0.1, -0.05) is 12.1 Å². The summed E-state index contributed by atoms with van der Waals surface area (Å²) in [6.45, 7) is 0.207. The third-order valence-electron chi connectivity index (χ3n) is 3.27. The second-order valence-electron chi connectivity index (χ2n) is 4.60. The van der Waals surface area contributed by atoms with Gasteiger partial charge in [0.05, 0.1) is 22.3 Å². The van der Waals surface area contributed by atoms with Gasteiger partial charge in [-0.3, -0.25) is 14.5 Å². The van der Waals surface area contributed by atoms with Crippen molar-refractivity contribution in [2.24, 2.45) is 0 Å². The van der Waals surface area contributed by atoms with Gasteiger partial charge >= 0.3 is 0 Å². The summed E-state index contributed by atoms with van der Waals surface area (Å²) in [5, 5.41) is 0. The topological polar surface area (TPSA) is 37.4 Å². The standard InChI is InChI=1S/C15H8Br2FNO2/c16-10-3-1-2-9-13(10)19(15(21)14(9)20)7-8-4-5-12(18)11(17)6-8/h1-6H,7H2. The predicted molar refractivity (Wildman–Crippen MR) is 83.8 cm³/mol. The molecule has 0 fully saturated rings. The highest BCUT2D eigenvalue weighted by atomic mass is 79.9. The highest BCUT2D eigenvalue weighted by Gasteiger charge is 2.37. The Morgan fingerprint density at radius 1 is 1.05 bits per heavy atom. The number of fused-ring (bicyclic) bond motifs is 1. The molecule has 2 aromatic rings. The van der Waals surface area contributed by atoms with Crippen LogP contribution in [0.15, 0.2) is 45.3 Å². The number of para-hydroxylation sites is 1. The molecule has 0 saturated carbocycles. The first-order valence-corrected chi connectivity index (χ1v) is 7.66. The predicted octanol–water partition coefficient (Wildman–Crippen LogP) is 4.08. The van der Waals surface area contributed by atoms with E-state index in [9.17, 15) is 14.0 Å². The molecule has 106 valence electrons. The number of carbonyl (C=O) groups is 2. The summed E-state index contributed by atoms with van der Waals surface area (Å²) in [6, 6.07) is 9.63. The molecule has 3 nitrogen and oxygen atoms in total. The molecule has 21 heavy (non-hydrogen) atoms. The Morgan fingerprint density at radius 3 is 2.52 bits per heavy atom. The van der Waals surface area contributed by atoms with E-state index in [2.05, 4.69) is 31.9 Å². The average molecular weight is 413 g/mol. The van der Waals surface area contributed by atoms with Crippen LogP contribution in [0, 0.1) is 5.82 Å². The van der Waals surface area contributed by atoms with Crippen LogP contribution in [0.5, 0.6) is 0 Å². The zero-order valence-corrected chi connectivity index (χ0v) is 13.7. The van der Waals surface area contributed by atoms with Crippen LogP contribution in [0.25, 0.3) is 0 Å². The molecular weight excluding hydrogens is 405 g/mol. The van der Waals surface area contributed by atoms with E-state index < -0.39 is 11.7 Å². The molecule has 1 amide bonds. The molecule has 1 aliphatic rings. The Morgan fingerprint density at radius 2 is 1.81 bits per heavy atom. The number of ketones is 1. The van der Waals surface area contributed by atoms with E-state index >= 15 is 0 Å². The molecule has 6 heteroatoms. The van der Waals surface area contributed by atoms with Gasteiger partial charge in [0, 0.05) is 4.47 Å². The highest BCUT2D eigenvalue weighted by Crippen LogP contribution is 2.37. The summed E-state index contributed by atoms with van der Waals surface area (Å²) in [5.74, 6) is -1.46. The molecule has 3 rings (SSSR count). The molecule has 2 aromatic carbocycles. The fourth-order valence-corrected chi connectivity index (χ4v) is 3.29. The maximum absolute atomic E-state index is 13.3. The van der Waals surface area contributed by atoms with Gasteiger partial charge in [0.1, 0.15) is 5.82 Å². The van der Waals surface area contributed by atoms with Crippen molar-refractivity contribution in [2.75, 3.05) is 4.90 Å². The summed E-state index contributed by atoms with van der Waals surface area (Å²) < 4.78 is 14.3. The number of hydrogen-bond donors (Lipinski definition) is 0. The third kappa shape index (κ3) is 2.42. The van der Waals surface area contributed by atoms with Crippen molar-refractivity contribution < 1.29 is 14.0 Å². The van der Waals surface area contributed by atoms with E-state index in [0.29, 0.717) is 20.2 Å². The van der Waals surface area contributed by atoms with Crippen LogP contribution in [0.3, 0.4) is 0 Å². The molecule has 0 spiro atoms.